The summed E-state index contributed by atoms with van der Waals surface area (Å²) in [5, 5.41) is 10.4. The number of rotatable bonds is 1. The Bertz CT molecular complexity index is 835. The fourth-order valence-corrected chi connectivity index (χ4v) is 4.48. The zero-order chi connectivity index (χ0) is 17.6. The van der Waals surface area contributed by atoms with E-state index in [9.17, 15) is 9.90 Å². The molecule has 5 nitrogen and oxygen atoms in total. The Morgan fingerprint density at radius 1 is 1.16 bits per heavy atom. The molecule has 2 aliphatic rings. The molecule has 1 saturated heterocycles. The maximum Gasteiger partial charge on any atom is 0.253 e. The summed E-state index contributed by atoms with van der Waals surface area (Å²) in [6.07, 6.45) is 4.68. The molecule has 25 heavy (non-hydrogen) atoms. The fourth-order valence-electron chi connectivity index (χ4n) is 4.48. The summed E-state index contributed by atoms with van der Waals surface area (Å²) in [6, 6.07) is 5.58. The Hall–Kier alpha value is -2.01. The predicted octanol–water partition coefficient (Wildman–Crippen LogP) is 3.01. The third-order valence-corrected chi connectivity index (χ3v) is 6.08. The smallest absolute Gasteiger partial charge is 0.253 e. The predicted molar refractivity (Wildman–Crippen MR) is 96.4 cm³/mol. The Balaban J connectivity index is 1.62. The van der Waals surface area contributed by atoms with Crippen molar-refractivity contribution in [1.82, 2.24) is 14.9 Å². The number of aliphatic hydroxyl groups is 1. The largest absolute Gasteiger partial charge is 0.392 e. The van der Waals surface area contributed by atoms with Gasteiger partial charge in [-0.15, -0.1) is 0 Å². The lowest BCUT2D eigenvalue weighted by molar-refractivity contribution is -0.00535. The molecule has 132 valence electrons. The number of nitrogens with zero attached hydrogens (tertiary/aromatic N) is 3. The van der Waals surface area contributed by atoms with Gasteiger partial charge in [0.1, 0.15) is 0 Å². The Labute approximate surface area is 148 Å². The summed E-state index contributed by atoms with van der Waals surface area (Å²) in [4.78, 5) is 24.1. The van der Waals surface area contributed by atoms with Crippen molar-refractivity contribution < 1.29 is 9.90 Å². The summed E-state index contributed by atoms with van der Waals surface area (Å²) in [6.45, 7) is 5.32. The van der Waals surface area contributed by atoms with E-state index < -0.39 is 0 Å². The number of hydrogen-bond acceptors (Lipinski definition) is 4. The van der Waals surface area contributed by atoms with Gasteiger partial charge in [-0.2, -0.15) is 0 Å². The Morgan fingerprint density at radius 2 is 1.88 bits per heavy atom. The molecule has 1 saturated carbocycles. The number of hydrogen-bond donors (Lipinski definition) is 1. The number of carbonyl (C=O) groups excluding carboxylic acids is 1. The first-order valence-corrected chi connectivity index (χ1v) is 9.21. The van der Waals surface area contributed by atoms with E-state index in [0.29, 0.717) is 12.1 Å². The molecule has 2 heterocycles. The number of piperidine rings is 1. The molecule has 1 aromatic carbocycles. The van der Waals surface area contributed by atoms with E-state index in [1.165, 1.54) is 0 Å². The second kappa shape index (κ2) is 6.06. The van der Waals surface area contributed by atoms with Crippen molar-refractivity contribution in [3.63, 3.8) is 0 Å². The number of fused-ring (bicyclic) bond motifs is 1. The lowest BCUT2D eigenvalue weighted by atomic mass is 9.76. The summed E-state index contributed by atoms with van der Waals surface area (Å²) in [7, 11) is 0. The van der Waals surface area contributed by atoms with Crippen molar-refractivity contribution in [3.05, 3.63) is 35.2 Å². The number of aliphatic hydroxyl groups excluding tert-OH is 1. The van der Waals surface area contributed by atoms with E-state index in [2.05, 4.69) is 9.97 Å². The van der Waals surface area contributed by atoms with Crippen LogP contribution < -0.4 is 0 Å². The standard InChI is InChI=1S/C20H25N3O2/c1-13-14(2)22-17-11-15(6-7-16(17)21-13)19(25)23-10-4-9-20(12-23)8-3-5-18(20)24/h6-7,11,18,24H,3-5,8-10,12H2,1-2H3/t18-,20+/m1/s1. The number of likely N-dealkylation sites (tertiary alicyclic amines) is 1. The van der Waals surface area contributed by atoms with Crippen molar-refractivity contribution in [2.24, 2.45) is 5.41 Å². The quantitative estimate of drug-likeness (QED) is 0.867. The van der Waals surface area contributed by atoms with Crippen molar-refractivity contribution in [3.8, 4) is 0 Å². The second-order valence-electron chi connectivity index (χ2n) is 7.70. The number of amides is 1. The number of benzene rings is 1. The van der Waals surface area contributed by atoms with Gasteiger partial charge >= 0.3 is 0 Å². The molecule has 2 aromatic rings. The molecule has 1 aromatic heterocycles. The molecule has 1 amide bonds. The molecule has 2 fully saturated rings. The molecular weight excluding hydrogens is 314 g/mol. The van der Waals surface area contributed by atoms with Gasteiger partial charge in [0.15, 0.2) is 0 Å². The van der Waals surface area contributed by atoms with E-state index in [4.69, 9.17) is 0 Å². The molecular formula is C20H25N3O2. The van der Waals surface area contributed by atoms with Gasteiger partial charge in [-0.1, -0.05) is 6.42 Å². The summed E-state index contributed by atoms with van der Waals surface area (Å²) in [5.74, 6) is 0.0418. The first-order chi connectivity index (χ1) is 12.0. The van der Waals surface area contributed by atoms with Crippen molar-refractivity contribution in [1.29, 1.82) is 0 Å². The highest BCUT2D eigenvalue weighted by atomic mass is 16.3. The lowest BCUT2D eigenvalue weighted by Crippen LogP contribution is -2.49. The van der Waals surface area contributed by atoms with Gasteiger partial charge in [0, 0.05) is 24.1 Å². The van der Waals surface area contributed by atoms with Crippen LogP contribution in [0.15, 0.2) is 18.2 Å². The number of aryl methyl sites for hydroxylation is 2. The third-order valence-electron chi connectivity index (χ3n) is 6.08. The van der Waals surface area contributed by atoms with Crippen LogP contribution in [0, 0.1) is 19.3 Å². The highest BCUT2D eigenvalue weighted by Crippen LogP contribution is 2.45. The second-order valence-corrected chi connectivity index (χ2v) is 7.70. The molecule has 2 atom stereocenters. The van der Waals surface area contributed by atoms with Gasteiger partial charge in [0.05, 0.1) is 28.5 Å². The minimum atomic E-state index is -0.267. The monoisotopic (exact) mass is 339 g/mol. The average Bonchev–Trinajstić information content (AvgIpc) is 2.95. The van der Waals surface area contributed by atoms with Gasteiger partial charge in [-0.3, -0.25) is 4.79 Å². The van der Waals surface area contributed by atoms with E-state index in [1.807, 2.05) is 36.9 Å². The minimum Gasteiger partial charge on any atom is -0.392 e. The maximum absolute atomic E-state index is 13.0. The Morgan fingerprint density at radius 3 is 2.60 bits per heavy atom. The van der Waals surface area contributed by atoms with Crippen molar-refractivity contribution >= 4 is 16.9 Å². The minimum absolute atomic E-state index is 0.0418. The van der Waals surface area contributed by atoms with Crippen LogP contribution in [0.25, 0.3) is 11.0 Å². The molecule has 4 rings (SSSR count). The van der Waals surface area contributed by atoms with Crippen LogP contribution in [0.2, 0.25) is 0 Å². The maximum atomic E-state index is 13.0. The van der Waals surface area contributed by atoms with E-state index >= 15 is 0 Å². The Kier molecular flexibility index (Phi) is 3.99. The van der Waals surface area contributed by atoms with Crippen LogP contribution in [0.4, 0.5) is 0 Å². The number of carbonyl (C=O) groups is 1. The molecule has 5 heteroatoms. The van der Waals surface area contributed by atoms with E-state index in [1.54, 1.807) is 0 Å². The molecule has 0 bridgehead atoms. The third kappa shape index (κ3) is 2.80. The summed E-state index contributed by atoms with van der Waals surface area (Å²) < 4.78 is 0. The van der Waals surface area contributed by atoms with Crippen LogP contribution >= 0.6 is 0 Å². The molecule has 1 aliphatic carbocycles. The van der Waals surface area contributed by atoms with Gasteiger partial charge in [0.2, 0.25) is 0 Å². The van der Waals surface area contributed by atoms with Crippen LogP contribution in [0.5, 0.6) is 0 Å². The molecule has 1 aliphatic heterocycles. The van der Waals surface area contributed by atoms with Gasteiger partial charge in [-0.05, 0) is 57.7 Å². The molecule has 0 radical (unpaired) electrons. The van der Waals surface area contributed by atoms with Gasteiger partial charge in [-0.25, -0.2) is 9.97 Å². The fraction of sp³-hybridized carbons (Fsp3) is 0.550. The summed E-state index contributed by atoms with van der Waals surface area (Å²) >= 11 is 0. The van der Waals surface area contributed by atoms with Crippen molar-refractivity contribution in [2.45, 2.75) is 52.1 Å². The van der Waals surface area contributed by atoms with Gasteiger partial charge < -0.3 is 10.0 Å². The van der Waals surface area contributed by atoms with Crippen LogP contribution in [-0.4, -0.2) is 45.1 Å². The van der Waals surface area contributed by atoms with Crippen LogP contribution in [0.1, 0.15) is 53.8 Å². The SMILES string of the molecule is Cc1nc2ccc(C(=O)N3CCC[C@@]4(CCC[C@H]4O)C3)cc2nc1C. The lowest BCUT2D eigenvalue weighted by Gasteiger charge is -2.42. The first kappa shape index (κ1) is 16.5. The molecule has 1 spiro atoms. The van der Waals surface area contributed by atoms with E-state index in [-0.39, 0.29) is 17.4 Å². The van der Waals surface area contributed by atoms with Crippen molar-refractivity contribution in [2.75, 3.05) is 13.1 Å². The highest BCUT2D eigenvalue weighted by Gasteiger charge is 2.45. The first-order valence-electron chi connectivity index (χ1n) is 9.21. The highest BCUT2D eigenvalue weighted by molar-refractivity contribution is 5.97. The van der Waals surface area contributed by atoms with Crippen LogP contribution in [0.3, 0.4) is 0 Å². The molecule has 1 N–H and O–H groups in total. The zero-order valence-corrected chi connectivity index (χ0v) is 15.0. The molecule has 0 unspecified atom stereocenters. The zero-order valence-electron chi connectivity index (χ0n) is 15.0. The van der Waals surface area contributed by atoms with Crippen LogP contribution in [-0.2, 0) is 0 Å². The van der Waals surface area contributed by atoms with Gasteiger partial charge in [0.25, 0.3) is 5.91 Å². The normalized spacial score (nSPS) is 26.5. The number of aromatic nitrogens is 2. The topological polar surface area (TPSA) is 66.3 Å². The van der Waals surface area contributed by atoms with E-state index in [0.717, 1.165) is 61.1 Å². The average molecular weight is 339 g/mol. The summed E-state index contributed by atoms with van der Waals surface area (Å²) in [5.41, 5.74) is 3.97.